The summed E-state index contributed by atoms with van der Waals surface area (Å²) in [5.74, 6) is -0.0624. The van der Waals surface area contributed by atoms with E-state index in [0.29, 0.717) is 29.2 Å². The highest BCUT2D eigenvalue weighted by atomic mass is 16.5. The van der Waals surface area contributed by atoms with Crippen LogP contribution < -0.4 is 14.2 Å². The molecule has 0 amide bonds. The lowest BCUT2D eigenvalue weighted by Crippen LogP contribution is -2.11. The molecule has 0 aliphatic carbocycles. The molecule has 5 heteroatoms. The lowest BCUT2D eigenvalue weighted by Gasteiger charge is -2.16. The molecule has 0 spiro atoms. The Balaban J connectivity index is 3.34. The third kappa shape index (κ3) is 2.67. The van der Waals surface area contributed by atoms with Gasteiger partial charge in [-0.25, -0.2) is 0 Å². The summed E-state index contributed by atoms with van der Waals surface area (Å²) in [6.45, 7) is 1.82. The molecule has 1 N–H and O–H groups in total. The number of carboxylic acid groups (broad SMARTS) is 1. The van der Waals surface area contributed by atoms with E-state index in [0.717, 1.165) is 0 Å². The van der Waals surface area contributed by atoms with Crippen LogP contribution in [0.4, 0.5) is 0 Å². The van der Waals surface area contributed by atoms with Gasteiger partial charge in [0, 0.05) is 0 Å². The van der Waals surface area contributed by atoms with Crippen LogP contribution >= 0.6 is 0 Å². The highest BCUT2D eigenvalue weighted by molar-refractivity contribution is 5.77. The van der Waals surface area contributed by atoms with Gasteiger partial charge >= 0.3 is 5.97 Å². The number of ether oxygens (including phenoxy) is 3. The Bertz CT molecular complexity index is 402. The number of methoxy groups -OCH3 is 3. The first-order valence-corrected chi connectivity index (χ1v) is 5.61. The van der Waals surface area contributed by atoms with E-state index in [2.05, 4.69) is 0 Å². The van der Waals surface area contributed by atoms with Crippen LogP contribution in [0, 0.1) is 0 Å². The first-order chi connectivity index (χ1) is 8.58. The fraction of sp³-hybridized carbons (Fsp3) is 0.462. The lowest BCUT2D eigenvalue weighted by atomic mass is 9.96. The van der Waals surface area contributed by atoms with Crippen LogP contribution in [-0.2, 0) is 4.79 Å². The zero-order valence-electron chi connectivity index (χ0n) is 11.0. The van der Waals surface area contributed by atoms with Gasteiger partial charge in [-0.05, 0) is 24.1 Å². The minimum atomic E-state index is -0.869. The van der Waals surface area contributed by atoms with E-state index in [1.54, 1.807) is 12.1 Å². The number of carboxylic acids is 1. The van der Waals surface area contributed by atoms with Crippen LogP contribution in [0.5, 0.6) is 17.2 Å². The molecule has 0 saturated carbocycles. The number of rotatable bonds is 6. The molecule has 0 bridgehead atoms. The van der Waals surface area contributed by atoms with E-state index in [-0.39, 0.29) is 0 Å². The monoisotopic (exact) mass is 254 g/mol. The van der Waals surface area contributed by atoms with Gasteiger partial charge in [0.1, 0.15) is 0 Å². The second kappa shape index (κ2) is 6.14. The maximum absolute atomic E-state index is 11.2. The van der Waals surface area contributed by atoms with Crippen molar-refractivity contribution in [2.24, 2.45) is 0 Å². The topological polar surface area (TPSA) is 65.0 Å². The summed E-state index contributed by atoms with van der Waals surface area (Å²) in [6, 6.07) is 3.34. The van der Waals surface area contributed by atoms with Crippen molar-refractivity contribution in [3.63, 3.8) is 0 Å². The molecule has 0 fully saturated rings. The Morgan fingerprint density at radius 2 is 1.67 bits per heavy atom. The summed E-state index contributed by atoms with van der Waals surface area (Å²) in [5, 5.41) is 9.17. The maximum atomic E-state index is 11.2. The van der Waals surface area contributed by atoms with Crippen LogP contribution in [0.2, 0.25) is 0 Å². The molecule has 1 atom stereocenters. The molecule has 0 aliphatic rings. The number of aliphatic carboxylic acids is 1. The summed E-state index contributed by atoms with van der Waals surface area (Å²) < 4.78 is 15.6. The minimum Gasteiger partial charge on any atom is -0.493 e. The van der Waals surface area contributed by atoms with Gasteiger partial charge in [0.2, 0.25) is 5.75 Å². The van der Waals surface area contributed by atoms with Crippen molar-refractivity contribution in [1.82, 2.24) is 0 Å². The predicted molar refractivity (Wildman–Crippen MR) is 66.8 cm³/mol. The molecule has 0 aromatic heterocycles. The van der Waals surface area contributed by atoms with E-state index in [9.17, 15) is 4.79 Å². The second-order valence-corrected chi connectivity index (χ2v) is 3.76. The second-order valence-electron chi connectivity index (χ2n) is 3.76. The molecular formula is C13H18O5. The summed E-state index contributed by atoms with van der Waals surface area (Å²) in [5.41, 5.74) is 0.638. The van der Waals surface area contributed by atoms with E-state index in [1.165, 1.54) is 21.3 Å². The number of hydrogen-bond acceptors (Lipinski definition) is 4. The molecule has 1 aromatic carbocycles. The Labute approximate surface area is 106 Å². The first-order valence-electron chi connectivity index (χ1n) is 5.61. The normalized spacial score (nSPS) is 11.8. The largest absolute Gasteiger partial charge is 0.493 e. The Morgan fingerprint density at radius 1 is 1.17 bits per heavy atom. The van der Waals surface area contributed by atoms with Crippen molar-refractivity contribution in [2.45, 2.75) is 19.3 Å². The Kier molecular flexibility index (Phi) is 4.83. The summed E-state index contributed by atoms with van der Waals surface area (Å²) in [4.78, 5) is 11.2. The van der Waals surface area contributed by atoms with Gasteiger partial charge < -0.3 is 19.3 Å². The van der Waals surface area contributed by atoms with Gasteiger partial charge in [0.05, 0.1) is 27.2 Å². The van der Waals surface area contributed by atoms with E-state index in [4.69, 9.17) is 19.3 Å². The molecule has 0 saturated heterocycles. The molecule has 0 aliphatic heterocycles. The van der Waals surface area contributed by atoms with Gasteiger partial charge in [-0.3, -0.25) is 4.79 Å². The fourth-order valence-electron chi connectivity index (χ4n) is 1.86. The van der Waals surface area contributed by atoms with Crippen molar-refractivity contribution in [2.75, 3.05) is 21.3 Å². The molecule has 0 unspecified atom stereocenters. The van der Waals surface area contributed by atoms with Crippen molar-refractivity contribution in [3.05, 3.63) is 17.7 Å². The van der Waals surface area contributed by atoms with Crippen LogP contribution in [-0.4, -0.2) is 32.4 Å². The van der Waals surface area contributed by atoms with Crippen LogP contribution in [0.15, 0.2) is 12.1 Å². The zero-order chi connectivity index (χ0) is 13.7. The fourth-order valence-corrected chi connectivity index (χ4v) is 1.86. The van der Waals surface area contributed by atoms with Crippen LogP contribution in [0.1, 0.15) is 24.8 Å². The molecule has 18 heavy (non-hydrogen) atoms. The summed E-state index contributed by atoms with van der Waals surface area (Å²) >= 11 is 0. The SMILES string of the molecule is CC[C@H](C(=O)O)c1cc(OC)c(OC)c(OC)c1. The molecule has 0 heterocycles. The summed E-state index contributed by atoms with van der Waals surface area (Å²) in [6.07, 6.45) is 0.494. The van der Waals surface area contributed by atoms with Crippen molar-refractivity contribution < 1.29 is 24.1 Å². The quantitative estimate of drug-likeness (QED) is 0.843. The smallest absolute Gasteiger partial charge is 0.310 e. The third-order valence-corrected chi connectivity index (χ3v) is 2.80. The average molecular weight is 254 g/mol. The standard InChI is InChI=1S/C13H18O5/c1-5-9(13(14)15)8-6-10(16-2)12(18-4)11(7-8)17-3/h6-7,9H,5H2,1-4H3,(H,14,15)/t9-/m0/s1. The molecule has 0 radical (unpaired) electrons. The highest BCUT2D eigenvalue weighted by Gasteiger charge is 2.22. The summed E-state index contributed by atoms with van der Waals surface area (Å²) in [7, 11) is 4.51. The first kappa shape index (κ1) is 14.2. The third-order valence-electron chi connectivity index (χ3n) is 2.80. The minimum absolute atomic E-state index is 0.462. The van der Waals surface area contributed by atoms with Gasteiger partial charge in [-0.1, -0.05) is 6.92 Å². The number of carbonyl (C=O) groups is 1. The molecule has 1 rings (SSSR count). The van der Waals surface area contributed by atoms with Crippen molar-refractivity contribution in [1.29, 1.82) is 0 Å². The van der Waals surface area contributed by atoms with Gasteiger partial charge in [0.15, 0.2) is 11.5 Å². The van der Waals surface area contributed by atoms with Crippen LogP contribution in [0.3, 0.4) is 0 Å². The van der Waals surface area contributed by atoms with E-state index >= 15 is 0 Å². The Hall–Kier alpha value is -1.91. The van der Waals surface area contributed by atoms with E-state index in [1.807, 2.05) is 6.92 Å². The zero-order valence-corrected chi connectivity index (χ0v) is 11.0. The van der Waals surface area contributed by atoms with Crippen molar-refractivity contribution in [3.8, 4) is 17.2 Å². The highest BCUT2D eigenvalue weighted by Crippen LogP contribution is 2.40. The number of hydrogen-bond donors (Lipinski definition) is 1. The maximum Gasteiger partial charge on any atom is 0.310 e. The molecule has 100 valence electrons. The number of benzene rings is 1. The molecule has 1 aromatic rings. The predicted octanol–water partition coefficient (Wildman–Crippen LogP) is 2.29. The van der Waals surface area contributed by atoms with Gasteiger partial charge in [0.25, 0.3) is 0 Å². The molecule has 5 nitrogen and oxygen atoms in total. The van der Waals surface area contributed by atoms with Crippen molar-refractivity contribution >= 4 is 5.97 Å². The Morgan fingerprint density at radius 3 is 1.94 bits per heavy atom. The molecular weight excluding hydrogens is 236 g/mol. The van der Waals surface area contributed by atoms with E-state index < -0.39 is 11.9 Å². The van der Waals surface area contributed by atoms with Gasteiger partial charge in [-0.15, -0.1) is 0 Å². The average Bonchev–Trinajstić information content (AvgIpc) is 2.37. The van der Waals surface area contributed by atoms with Gasteiger partial charge in [-0.2, -0.15) is 0 Å². The lowest BCUT2D eigenvalue weighted by molar-refractivity contribution is -0.138. The van der Waals surface area contributed by atoms with Crippen LogP contribution in [0.25, 0.3) is 0 Å².